The number of hydrogen-bond donors (Lipinski definition) is 1. The largest absolute Gasteiger partial charge is 0.494 e. The number of aliphatic hydroxyl groups is 1. The van der Waals surface area contributed by atoms with E-state index in [1.165, 1.54) is 4.31 Å². The summed E-state index contributed by atoms with van der Waals surface area (Å²) in [5.74, 6) is 0. The zero-order valence-corrected chi connectivity index (χ0v) is 16.0. The van der Waals surface area contributed by atoms with E-state index in [0.29, 0.717) is 31.4 Å². The van der Waals surface area contributed by atoms with Crippen LogP contribution in [0.1, 0.15) is 40.5 Å². The third kappa shape index (κ3) is 3.50. The molecule has 0 aliphatic carbocycles. The van der Waals surface area contributed by atoms with Gasteiger partial charge in [-0.3, -0.25) is 0 Å². The second-order valence-corrected chi connectivity index (χ2v) is 9.73. The summed E-state index contributed by atoms with van der Waals surface area (Å²) in [5.41, 5.74) is -0.262. The van der Waals surface area contributed by atoms with Crippen molar-refractivity contribution in [2.24, 2.45) is 0 Å². The van der Waals surface area contributed by atoms with Crippen molar-refractivity contribution in [3.05, 3.63) is 24.3 Å². The Morgan fingerprint density at radius 3 is 2.24 bits per heavy atom. The maximum Gasteiger partial charge on any atom is 0.494 e. The van der Waals surface area contributed by atoms with Crippen LogP contribution in [-0.2, 0) is 19.3 Å². The van der Waals surface area contributed by atoms with Crippen molar-refractivity contribution in [1.29, 1.82) is 0 Å². The van der Waals surface area contributed by atoms with Crippen molar-refractivity contribution in [3.63, 3.8) is 0 Å². The van der Waals surface area contributed by atoms with E-state index < -0.39 is 34.4 Å². The van der Waals surface area contributed by atoms with Crippen LogP contribution in [-0.4, -0.2) is 55.3 Å². The van der Waals surface area contributed by atoms with Crippen LogP contribution in [0.5, 0.6) is 0 Å². The molecular formula is C17H26BNO5S. The number of sulfonamides is 1. The minimum absolute atomic E-state index is 0.233. The number of nitrogens with zero attached hydrogens (tertiary/aromatic N) is 1. The van der Waals surface area contributed by atoms with Crippen LogP contribution in [0.2, 0.25) is 0 Å². The Morgan fingerprint density at radius 2 is 1.68 bits per heavy atom. The number of hydrogen-bond acceptors (Lipinski definition) is 5. The Bertz CT molecular complexity index is 725. The molecule has 2 fully saturated rings. The van der Waals surface area contributed by atoms with Gasteiger partial charge in [0.1, 0.15) is 0 Å². The minimum atomic E-state index is -3.58. The lowest BCUT2D eigenvalue weighted by Crippen LogP contribution is -2.41. The van der Waals surface area contributed by atoms with E-state index in [9.17, 15) is 13.5 Å². The molecule has 0 saturated carbocycles. The van der Waals surface area contributed by atoms with Gasteiger partial charge in [-0.2, -0.15) is 4.31 Å². The second-order valence-electron chi connectivity index (χ2n) is 7.80. The van der Waals surface area contributed by atoms with E-state index in [-0.39, 0.29) is 4.90 Å². The zero-order chi connectivity index (χ0) is 18.5. The Hall–Kier alpha value is -0.925. The lowest BCUT2D eigenvalue weighted by atomic mass is 9.79. The van der Waals surface area contributed by atoms with Crippen molar-refractivity contribution in [3.8, 4) is 0 Å². The lowest BCUT2D eigenvalue weighted by molar-refractivity contribution is 0.00578. The van der Waals surface area contributed by atoms with Crippen LogP contribution >= 0.6 is 0 Å². The van der Waals surface area contributed by atoms with Crippen molar-refractivity contribution in [2.75, 3.05) is 13.1 Å². The van der Waals surface area contributed by atoms with Gasteiger partial charge in [0.25, 0.3) is 0 Å². The van der Waals surface area contributed by atoms with Crippen molar-refractivity contribution in [1.82, 2.24) is 4.31 Å². The van der Waals surface area contributed by atoms with E-state index in [0.717, 1.165) is 0 Å². The number of aliphatic hydroxyl groups excluding tert-OH is 1. The normalized spacial score (nSPS) is 24.6. The van der Waals surface area contributed by atoms with Gasteiger partial charge in [0, 0.05) is 13.1 Å². The predicted octanol–water partition coefficient (Wildman–Crippen LogP) is 1.13. The van der Waals surface area contributed by atoms with Crippen molar-refractivity contribution in [2.45, 2.75) is 62.7 Å². The van der Waals surface area contributed by atoms with Crippen molar-refractivity contribution >= 4 is 22.6 Å². The Morgan fingerprint density at radius 1 is 1.12 bits per heavy atom. The molecule has 0 aromatic heterocycles. The summed E-state index contributed by atoms with van der Waals surface area (Å²) in [6.45, 7) is 8.53. The van der Waals surface area contributed by atoms with Gasteiger partial charge in [0.05, 0.1) is 22.2 Å². The van der Waals surface area contributed by atoms with E-state index >= 15 is 0 Å². The average Bonchev–Trinajstić information content (AvgIpc) is 2.76. The first-order valence-electron chi connectivity index (χ1n) is 8.67. The second kappa shape index (κ2) is 6.35. The van der Waals surface area contributed by atoms with Crippen LogP contribution in [0.15, 0.2) is 29.2 Å². The number of benzene rings is 1. The number of rotatable bonds is 3. The summed E-state index contributed by atoms with van der Waals surface area (Å²) < 4.78 is 39.2. The molecule has 2 aliphatic heterocycles. The highest BCUT2D eigenvalue weighted by molar-refractivity contribution is 7.89. The first kappa shape index (κ1) is 18.9. The van der Waals surface area contributed by atoms with E-state index in [1.807, 2.05) is 33.8 Å². The Kier molecular flexibility index (Phi) is 4.79. The molecule has 25 heavy (non-hydrogen) atoms. The fraction of sp³-hybridized carbons (Fsp3) is 0.647. The molecule has 138 valence electrons. The fourth-order valence-corrected chi connectivity index (χ4v) is 4.56. The molecule has 8 heteroatoms. The Labute approximate surface area is 150 Å². The molecule has 0 amide bonds. The smallest absolute Gasteiger partial charge is 0.399 e. The van der Waals surface area contributed by atoms with Crippen LogP contribution in [0, 0.1) is 0 Å². The Balaban J connectivity index is 1.85. The van der Waals surface area contributed by atoms with Crippen LogP contribution in [0.3, 0.4) is 0 Å². The molecule has 2 aliphatic rings. The van der Waals surface area contributed by atoms with Gasteiger partial charge in [0.2, 0.25) is 10.0 Å². The maximum atomic E-state index is 12.9. The first-order chi connectivity index (χ1) is 11.5. The van der Waals surface area contributed by atoms with E-state index in [1.54, 1.807) is 18.2 Å². The number of piperidine rings is 1. The summed E-state index contributed by atoms with van der Waals surface area (Å²) in [4.78, 5) is 0.233. The maximum absolute atomic E-state index is 12.9. The third-order valence-corrected chi connectivity index (χ3v) is 7.34. The van der Waals surface area contributed by atoms with Gasteiger partial charge in [-0.15, -0.1) is 0 Å². The summed E-state index contributed by atoms with van der Waals surface area (Å²) in [6, 6.07) is 6.75. The highest BCUT2D eigenvalue weighted by Crippen LogP contribution is 2.36. The fourth-order valence-electron chi connectivity index (χ4n) is 3.03. The van der Waals surface area contributed by atoms with Crippen molar-refractivity contribution < 1.29 is 22.8 Å². The monoisotopic (exact) mass is 367 g/mol. The average molecular weight is 367 g/mol. The van der Waals surface area contributed by atoms with Gasteiger partial charge >= 0.3 is 7.12 Å². The molecule has 0 atom stereocenters. The summed E-state index contributed by atoms with van der Waals surface area (Å²) in [7, 11) is -4.18. The van der Waals surface area contributed by atoms with Gasteiger partial charge in [-0.1, -0.05) is 12.1 Å². The third-order valence-electron chi connectivity index (χ3n) is 5.44. The highest BCUT2D eigenvalue weighted by atomic mass is 32.2. The molecule has 2 heterocycles. The van der Waals surface area contributed by atoms with Crippen LogP contribution in [0.4, 0.5) is 0 Å². The van der Waals surface area contributed by atoms with Gasteiger partial charge in [-0.05, 0) is 58.1 Å². The topological polar surface area (TPSA) is 76.1 Å². The molecule has 1 aromatic carbocycles. The minimum Gasteiger partial charge on any atom is -0.399 e. The molecule has 0 spiro atoms. The van der Waals surface area contributed by atoms with Crippen LogP contribution in [0.25, 0.3) is 0 Å². The standard InChI is InChI=1S/C17H26BNO5S/c1-16(2)17(3,4)24-18(23-16)13-6-5-7-15(12-13)25(21,22)19-10-8-14(20)9-11-19/h5-7,12,14,20H,8-11H2,1-4H3. The molecule has 0 unspecified atom stereocenters. The van der Waals surface area contributed by atoms with Crippen LogP contribution < -0.4 is 5.46 Å². The molecular weight excluding hydrogens is 341 g/mol. The first-order valence-corrected chi connectivity index (χ1v) is 10.1. The quantitative estimate of drug-likeness (QED) is 0.811. The predicted molar refractivity (Wildman–Crippen MR) is 96.2 cm³/mol. The molecule has 1 aromatic rings. The van der Waals surface area contributed by atoms with Gasteiger partial charge in [-0.25, -0.2) is 8.42 Å². The van der Waals surface area contributed by atoms with Gasteiger partial charge < -0.3 is 14.4 Å². The SMILES string of the molecule is CC1(C)OB(c2cccc(S(=O)(=O)N3CCC(O)CC3)c2)OC1(C)C. The molecule has 3 rings (SSSR count). The zero-order valence-electron chi connectivity index (χ0n) is 15.2. The molecule has 1 N–H and O–H groups in total. The lowest BCUT2D eigenvalue weighted by Gasteiger charge is -2.32. The van der Waals surface area contributed by atoms with Gasteiger partial charge in [0.15, 0.2) is 0 Å². The summed E-state index contributed by atoms with van der Waals surface area (Å²) >= 11 is 0. The molecule has 0 bridgehead atoms. The summed E-state index contributed by atoms with van der Waals surface area (Å²) in [6.07, 6.45) is 0.522. The van der Waals surface area contributed by atoms with E-state index in [4.69, 9.17) is 9.31 Å². The van der Waals surface area contributed by atoms with E-state index in [2.05, 4.69) is 0 Å². The molecule has 6 nitrogen and oxygen atoms in total. The molecule has 2 saturated heterocycles. The summed E-state index contributed by atoms with van der Waals surface area (Å²) in [5, 5.41) is 9.59. The highest BCUT2D eigenvalue weighted by Gasteiger charge is 2.51. The molecule has 0 radical (unpaired) electrons.